The van der Waals surface area contributed by atoms with Crippen molar-refractivity contribution < 1.29 is 14.7 Å². The quantitative estimate of drug-likeness (QED) is 0.846. The summed E-state index contributed by atoms with van der Waals surface area (Å²) in [5.41, 5.74) is -0.775. The molecule has 5 nitrogen and oxygen atoms in total. The summed E-state index contributed by atoms with van der Waals surface area (Å²) in [6.07, 6.45) is 6.05. The predicted molar refractivity (Wildman–Crippen MR) is 76.6 cm³/mol. The molecule has 0 radical (unpaired) electrons. The van der Waals surface area contributed by atoms with Gasteiger partial charge in [0.2, 0.25) is 0 Å². The summed E-state index contributed by atoms with van der Waals surface area (Å²) in [6, 6.07) is 0.366. The van der Waals surface area contributed by atoms with Gasteiger partial charge in [0.25, 0.3) is 0 Å². The maximum Gasteiger partial charge on any atom is 0.320 e. The van der Waals surface area contributed by atoms with Gasteiger partial charge in [-0.05, 0) is 32.6 Å². The maximum absolute atomic E-state index is 12.7. The molecule has 0 aliphatic carbocycles. The van der Waals surface area contributed by atoms with Crippen LogP contribution < -0.4 is 0 Å². The average Bonchev–Trinajstić information content (AvgIpc) is 2.69. The highest BCUT2D eigenvalue weighted by Crippen LogP contribution is 2.31. The fraction of sp³-hybridized carbons (Fsp3) is 0.867. The third kappa shape index (κ3) is 2.91. The first kappa shape index (κ1) is 15.1. The first-order chi connectivity index (χ1) is 9.48. The van der Waals surface area contributed by atoms with Crippen LogP contribution in [0.5, 0.6) is 0 Å². The van der Waals surface area contributed by atoms with Crippen LogP contribution in [0.1, 0.15) is 52.4 Å². The lowest BCUT2D eigenvalue weighted by Crippen LogP contribution is -2.48. The van der Waals surface area contributed by atoms with Gasteiger partial charge in [-0.1, -0.05) is 19.8 Å². The van der Waals surface area contributed by atoms with E-state index in [4.69, 9.17) is 0 Å². The van der Waals surface area contributed by atoms with Crippen molar-refractivity contribution in [3.05, 3.63) is 0 Å². The summed E-state index contributed by atoms with van der Waals surface area (Å²) < 4.78 is 0. The number of hydrogen-bond acceptors (Lipinski definition) is 2. The van der Waals surface area contributed by atoms with Crippen LogP contribution in [0.15, 0.2) is 0 Å². The fourth-order valence-electron chi connectivity index (χ4n) is 3.33. The van der Waals surface area contributed by atoms with Gasteiger partial charge < -0.3 is 14.9 Å². The van der Waals surface area contributed by atoms with Gasteiger partial charge in [-0.15, -0.1) is 0 Å². The molecular formula is C15H26N2O3. The van der Waals surface area contributed by atoms with Gasteiger partial charge in [0.15, 0.2) is 0 Å². The number of carboxylic acids is 1. The van der Waals surface area contributed by atoms with E-state index in [0.29, 0.717) is 25.6 Å². The van der Waals surface area contributed by atoms with Crippen molar-refractivity contribution in [2.75, 3.05) is 19.6 Å². The Bertz CT molecular complexity index is 385. The molecule has 0 saturated carbocycles. The molecule has 2 aliphatic heterocycles. The highest BCUT2D eigenvalue weighted by Gasteiger charge is 2.43. The van der Waals surface area contributed by atoms with Crippen LogP contribution in [0, 0.1) is 5.41 Å². The molecule has 0 aromatic carbocycles. The molecule has 5 heteroatoms. The number of likely N-dealkylation sites (tertiary alicyclic amines) is 2. The van der Waals surface area contributed by atoms with Gasteiger partial charge in [-0.3, -0.25) is 4.79 Å². The molecule has 2 aliphatic rings. The third-order valence-corrected chi connectivity index (χ3v) is 4.85. The lowest BCUT2D eigenvalue weighted by molar-refractivity contribution is -0.147. The molecule has 2 rings (SSSR count). The molecular weight excluding hydrogens is 256 g/mol. The van der Waals surface area contributed by atoms with Crippen molar-refractivity contribution in [3.63, 3.8) is 0 Å². The van der Waals surface area contributed by atoms with Gasteiger partial charge in [0.1, 0.15) is 0 Å². The van der Waals surface area contributed by atoms with E-state index in [9.17, 15) is 14.7 Å². The van der Waals surface area contributed by atoms with Gasteiger partial charge in [0, 0.05) is 25.7 Å². The van der Waals surface area contributed by atoms with Crippen molar-refractivity contribution in [1.82, 2.24) is 9.80 Å². The van der Waals surface area contributed by atoms with Crippen LogP contribution >= 0.6 is 0 Å². The normalized spacial score (nSPS) is 31.2. The number of rotatable bonds is 2. The van der Waals surface area contributed by atoms with E-state index >= 15 is 0 Å². The van der Waals surface area contributed by atoms with E-state index < -0.39 is 11.4 Å². The Morgan fingerprint density at radius 2 is 2.00 bits per heavy atom. The van der Waals surface area contributed by atoms with E-state index in [1.54, 1.807) is 11.8 Å². The second-order valence-electron chi connectivity index (χ2n) is 6.42. The zero-order chi connectivity index (χ0) is 14.8. The number of carboxylic acid groups (broad SMARTS) is 1. The number of aliphatic carboxylic acids is 1. The molecule has 0 aromatic heterocycles. The Hall–Kier alpha value is -1.26. The van der Waals surface area contributed by atoms with Crippen LogP contribution in [-0.4, -0.2) is 52.6 Å². The molecule has 1 N–H and O–H groups in total. The van der Waals surface area contributed by atoms with E-state index in [0.717, 1.165) is 25.8 Å². The van der Waals surface area contributed by atoms with Crippen LogP contribution in [0.2, 0.25) is 0 Å². The fourth-order valence-corrected chi connectivity index (χ4v) is 3.33. The van der Waals surface area contributed by atoms with Crippen molar-refractivity contribution in [2.24, 2.45) is 5.41 Å². The number of hydrogen-bond donors (Lipinski definition) is 1. The van der Waals surface area contributed by atoms with E-state index in [1.807, 2.05) is 4.90 Å². The Labute approximate surface area is 120 Å². The monoisotopic (exact) mass is 282 g/mol. The van der Waals surface area contributed by atoms with Crippen LogP contribution in [-0.2, 0) is 4.79 Å². The number of amides is 2. The van der Waals surface area contributed by atoms with Gasteiger partial charge >= 0.3 is 12.0 Å². The summed E-state index contributed by atoms with van der Waals surface area (Å²) in [7, 11) is 0. The van der Waals surface area contributed by atoms with Gasteiger partial charge in [-0.2, -0.15) is 0 Å². The summed E-state index contributed by atoms with van der Waals surface area (Å²) in [6.45, 7) is 5.59. The van der Waals surface area contributed by atoms with Crippen molar-refractivity contribution in [3.8, 4) is 0 Å². The number of urea groups is 1. The highest BCUT2D eigenvalue weighted by atomic mass is 16.4. The lowest BCUT2D eigenvalue weighted by atomic mass is 9.90. The number of carbonyl (C=O) groups is 2. The van der Waals surface area contributed by atoms with Crippen molar-refractivity contribution in [1.29, 1.82) is 0 Å². The minimum atomic E-state index is -0.796. The Morgan fingerprint density at radius 1 is 1.25 bits per heavy atom. The van der Waals surface area contributed by atoms with Gasteiger partial charge in [0.05, 0.1) is 5.41 Å². The van der Waals surface area contributed by atoms with Crippen molar-refractivity contribution in [2.45, 2.75) is 58.4 Å². The summed E-state index contributed by atoms with van der Waals surface area (Å²) in [5.74, 6) is -0.796. The molecule has 2 amide bonds. The molecule has 20 heavy (non-hydrogen) atoms. The molecule has 114 valence electrons. The van der Waals surface area contributed by atoms with Crippen LogP contribution in [0.3, 0.4) is 0 Å². The maximum atomic E-state index is 12.7. The molecule has 2 saturated heterocycles. The largest absolute Gasteiger partial charge is 0.481 e. The molecule has 0 aromatic rings. The summed E-state index contributed by atoms with van der Waals surface area (Å²) in [4.78, 5) is 27.7. The van der Waals surface area contributed by atoms with E-state index in [-0.39, 0.29) is 6.03 Å². The summed E-state index contributed by atoms with van der Waals surface area (Å²) in [5, 5.41) is 9.27. The third-order valence-electron chi connectivity index (χ3n) is 4.85. The van der Waals surface area contributed by atoms with Crippen LogP contribution in [0.25, 0.3) is 0 Å². The van der Waals surface area contributed by atoms with E-state index in [2.05, 4.69) is 6.92 Å². The van der Waals surface area contributed by atoms with Gasteiger partial charge in [-0.25, -0.2) is 4.79 Å². The second kappa shape index (κ2) is 6.02. The van der Waals surface area contributed by atoms with Crippen LogP contribution in [0.4, 0.5) is 4.79 Å². The zero-order valence-electron chi connectivity index (χ0n) is 12.6. The first-order valence-electron chi connectivity index (χ1n) is 7.77. The molecule has 2 unspecified atom stereocenters. The average molecular weight is 282 g/mol. The lowest BCUT2D eigenvalue weighted by Gasteiger charge is -2.33. The highest BCUT2D eigenvalue weighted by molar-refractivity contribution is 5.79. The topological polar surface area (TPSA) is 60.9 Å². The minimum absolute atomic E-state index is 0.0451. The Kier molecular flexibility index (Phi) is 4.55. The molecule has 0 bridgehead atoms. The molecule has 2 atom stereocenters. The second-order valence-corrected chi connectivity index (χ2v) is 6.42. The number of nitrogens with zero attached hydrogens (tertiary/aromatic N) is 2. The zero-order valence-corrected chi connectivity index (χ0v) is 12.6. The first-order valence-corrected chi connectivity index (χ1v) is 7.77. The molecule has 2 heterocycles. The molecule has 2 fully saturated rings. The SMILES string of the molecule is CCC1CCCCCN1C(=O)N1CCC(C)(C(=O)O)C1. The summed E-state index contributed by atoms with van der Waals surface area (Å²) >= 11 is 0. The smallest absolute Gasteiger partial charge is 0.320 e. The number of carbonyl (C=O) groups excluding carboxylic acids is 1. The standard InChI is InChI=1S/C15H26N2O3/c1-3-12-7-5-4-6-9-17(12)14(20)16-10-8-15(2,11-16)13(18)19/h12H,3-11H2,1-2H3,(H,18,19). The van der Waals surface area contributed by atoms with E-state index in [1.165, 1.54) is 12.8 Å². The minimum Gasteiger partial charge on any atom is -0.481 e. The molecule has 0 spiro atoms. The predicted octanol–water partition coefficient (Wildman–Crippen LogP) is 2.56. The van der Waals surface area contributed by atoms with Crippen molar-refractivity contribution >= 4 is 12.0 Å². The Morgan fingerprint density at radius 3 is 2.60 bits per heavy atom. The Balaban J connectivity index is 2.05.